The van der Waals surface area contributed by atoms with Crippen molar-refractivity contribution in [2.24, 2.45) is 5.73 Å². The van der Waals surface area contributed by atoms with E-state index in [0.29, 0.717) is 0 Å². The number of benzene rings is 1. The van der Waals surface area contributed by atoms with E-state index in [-0.39, 0.29) is 12.8 Å². The second kappa shape index (κ2) is 5.50. The first-order chi connectivity index (χ1) is 8.58. The number of fused-ring (bicyclic) bond motifs is 1. The summed E-state index contributed by atoms with van der Waals surface area (Å²) in [5.74, 6) is -0.883. The molecule has 1 aromatic rings. The van der Waals surface area contributed by atoms with E-state index in [4.69, 9.17) is 10.8 Å². The van der Waals surface area contributed by atoms with Crippen molar-refractivity contribution in [2.45, 2.75) is 44.2 Å². The minimum atomic E-state index is -0.883. The van der Waals surface area contributed by atoms with Gasteiger partial charge in [0.05, 0.1) is 6.10 Å². The van der Waals surface area contributed by atoms with Crippen LogP contribution in [0.3, 0.4) is 0 Å². The van der Waals surface area contributed by atoms with Gasteiger partial charge in [0.1, 0.15) is 0 Å². The largest absolute Gasteiger partial charge is 0.481 e. The molecule has 4 nitrogen and oxygen atoms in total. The number of carbonyl (C=O) groups is 1. The number of carboxylic acids is 1. The molecule has 4 N–H and O–H groups in total. The number of aliphatic carboxylic acids is 1. The van der Waals surface area contributed by atoms with E-state index in [1.54, 1.807) is 0 Å². The normalized spacial score (nSPS) is 17.2. The third-order valence-corrected chi connectivity index (χ3v) is 3.56. The van der Waals surface area contributed by atoms with Crippen LogP contribution in [0.25, 0.3) is 0 Å². The van der Waals surface area contributed by atoms with E-state index in [9.17, 15) is 9.90 Å². The number of hydrogen-bond donors (Lipinski definition) is 3. The van der Waals surface area contributed by atoms with Gasteiger partial charge in [0.15, 0.2) is 0 Å². The van der Waals surface area contributed by atoms with Crippen molar-refractivity contribution in [3.63, 3.8) is 0 Å². The molecule has 0 bridgehead atoms. The van der Waals surface area contributed by atoms with E-state index in [2.05, 4.69) is 0 Å². The van der Waals surface area contributed by atoms with Crippen LogP contribution in [0, 0.1) is 0 Å². The summed E-state index contributed by atoms with van der Waals surface area (Å²) in [4.78, 5) is 10.5. The molecule has 4 heteroatoms. The molecule has 2 unspecified atom stereocenters. The number of aliphatic hydroxyl groups is 1. The highest BCUT2D eigenvalue weighted by Crippen LogP contribution is 2.27. The maximum absolute atomic E-state index is 10.5. The minimum Gasteiger partial charge on any atom is -0.481 e. The Morgan fingerprint density at radius 3 is 2.78 bits per heavy atom. The highest BCUT2D eigenvalue weighted by atomic mass is 16.4. The number of aryl methyl sites for hydroxylation is 2. The lowest BCUT2D eigenvalue weighted by Gasteiger charge is -2.19. The molecule has 0 radical (unpaired) electrons. The van der Waals surface area contributed by atoms with Gasteiger partial charge in [-0.05, 0) is 42.4 Å². The Kier molecular flexibility index (Phi) is 3.99. The summed E-state index contributed by atoms with van der Waals surface area (Å²) >= 11 is 0. The van der Waals surface area contributed by atoms with Crippen molar-refractivity contribution in [2.75, 3.05) is 0 Å². The molecule has 0 aliphatic heterocycles. The number of nitrogens with two attached hydrogens (primary N) is 1. The summed E-state index contributed by atoms with van der Waals surface area (Å²) in [6.45, 7) is 0. The molecule has 0 heterocycles. The van der Waals surface area contributed by atoms with Gasteiger partial charge in [-0.15, -0.1) is 0 Å². The van der Waals surface area contributed by atoms with Crippen molar-refractivity contribution in [1.29, 1.82) is 0 Å². The van der Waals surface area contributed by atoms with Crippen LogP contribution in [0.4, 0.5) is 0 Å². The summed E-state index contributed by atoms with van der Waals surface area (Å²) < 4.78 is 0. The average molecular weight is 249 g/mol. The number of carboxylic acid groups (broad SMARTS) is 1. The fourth-order valence-electron chi connectivity index (χ4n) is 2.47. The minimum absolute atomic E-state index is 0.0107. The van der Waals surface area contributed by atoms with Crippen LogP contribution in [-0.2, 0) is 17.6 Å². The zero-order chi connectivity index (χ0) is 13.1. The van der Waals surface area contributed by atoms with E-state index >= 15 is 0 Å². The summed E-state index contributed by atoms with van der Waals surface area (Å²) in [5.41, 5.74) is 9.27. The van der Waals surface area contributed by atoms with Crippen LogP contribution >= 0.6 is 0 Å². The summed E-state index contributed by atoms with van der Waals surface area (Å²) in [5, 5.41) is 18.7. The van der Waals surface area contributed by atoms with Crippen LogP contribution in [-0.4, -0.2) is 22.2 Å². The number of hydrogen-bond acceptors (Lipinski definition) is 3. The Morgan fingerprint density at radius 1 is 1.33 bits per heavy atom. The van der Waals surface area contributed by atoms with Crippen LogP contribution in [0.5, 0.6) is 0 Å². The fourth-order valence-corrected chi connectivity index (χ4v) is 2.47. The SMILES string of the molecule is NC(CCC(=O)O)C(O)c1ccc2c(c1)CCC2. The number of aliphatic hydroxyl groups excluding tert-OH is 1. The van der Waals surface area contributed by atoms with Crippen LogP contribution in [0.1, 0.15) is 42.1 Å². The Hall–Kier alpha value is -1.39. The summed E-state index contributed by atoms with van der Waals surface area (Å²) in [7, 11) is 0. The van der Waals surface area contributed by atoms with Gasteiger partial charge in [0.2, 0.25) is 0 Å². The molecule has 2 atom stereocenters. The van der Waals surface area contributed by atoms with Crippen molar-refractivity contribution < 1.29 is 15.0 Å². The predicted molar refractivity (Wildman–Crippen MR) is 68.3 cm³/mol. The quantitative estimate of drug-likeness (QED) is 0.736. The Bertz CT molecular complexity index is 445. The predicted octanol–water partition coefficient (Wildman–Crippen LogP) is 1.40. The molecule has 1 aliphatic rings. The van der Waals surface area contributed by atoms with Crippen LogP contribution in [0.2, 0.25) is 0 Å². The van der Waals surface area contributed by atoms with Gasteiger partial charge in [-0.3, -0.25) is 4.79 Å². The lowest BCUT2D eigenvalue weighted by atomic mass is 9.96. The molecule has 0 saturated carbocycles. The molecular weight excluding hydrogens is 230 g/mol. The second-order valence-corrected chi connectivity index (χ2v) is 4.92. The Morgan fingerprint density at radius 2 is 2.06 bits per heavy atom. The van der Waals surface area contributed by atoms with Gasteiger partial charge < -0.3 is 15.9 Å². The Balaban J connectivity index is 2.04. The van der Waals surface area contributed by atoms with E-state index in [1.807, 2.05) is 18.2 Å². The lowest BCUT2D eigenvalue weighted by molar-refractivity contribution is -0.137. The molecule has 1 aliphatic carbocycles. The first-order valence-corrected chi connectivity index (χ1v) is 6.35. The van der Waals surface area contributed by atoms with Gasteiger partial charge in [-0.1, -0.05) is 18.2 Å². The summed E-state index contributed by atoms with van der Waals surface area (Å²) in [6.07, 6.45) is 2.82. The molecule has 0 saturated heterocycles. The van der Waals surface area contributed by atoms with E-state index < -0.39 is 18.1 Å². The molecule has 0 amide bonds. The molecule has 2 rings (SSSR count). The molecule has 0 fully saturated rings. The zero-order valence-corrected chi connectivity index (χ0v) is 10.3. The van der Waals surface area contributed by atoms with Crippen molar-refractivity contribution in [3.05, 3.63) is 34.9 Å². The Labute approximate surface area is 106 Å². The topological polar surface area (TPSA) is 83.6 Å². The van der Waals surface area contributed by atoms with Crippen molar-refractivity contribution in [3.8, 4) is 0 Å². The second-order valence-electron chi connectivity index (χ2n) is 4.92. The highest BCUT2D eigenvalue weighted by Gasteiger charge is 2.20. The highest BCUT2D eigenvalue weighted by molar-refractivity contribution is 5.66. The standard InChI is InChI=1S/C14H19NO3/c15-12(6-7-13(16)17)14(18)11-5-4-9-2-1-3-10(9)8-11/h4-5,8,12,14,18H,1-3,6-7,15H2,(H,16,17). The molecule has 18 heavy (non-hydrogen) atoms. The maximum Gasteiger partial charge on any atom is 0.303 e. The molecular formula is C14H19NO3. The van der Waals surface area contributed by atoms with E-state index in [1.165, 1.54) is 17.5 Å². The van der Waals surface area contributed by atoms with E-state index in [0.717, 1.165) is 18.4 Å². The van der Waals surface area contributed by atoms with Gasteiger partial charge in [0.25, 0.3) is 0 Å². The van der Waals surface area contributed by atoms with Crippen LogP contribution < -0.4 is 5.73 Å². The maximum atomic E-state index is 10.5. The van der Waals surface area contributed by atoms with Gasteiger partial charge in [0, 0.05) is 12.5 Å². The van der Waals surface area contributed by atoms with Gasteiger partial charge >= 0.3 is 5.97 Å². The molecule has 1 aromatic carbocycles. The first kappa shape index (κ1) is 13.1. The molecule has 98 valence electrons. The molecule has 0 spiro atoms. The number of rotatable bonds is 5. The smallest absolute Gasteiger partial charge is 0.303 e. The average Bonchev–Trinajstić information content (AvgIpc) is 2.81. The monoisotopic (exact) mass is 249 g/mol. The van der Waals surface area contributed by atoms with Crippen molar-refractivity contribution in [1.82, 2.24) is 0 Å². The van der Waals surface area contributed by atoms with Crippen LogP contribution in [0.15, 0.2) is 18.2 Å². The van der Waals surface area contributed by atoms with Crippen molar-refractivity contribution >= 4 is 5.97 Å². The van der Waals surface area contributed by atoms with Gasteiger partial charge in [-0.25, -0.2) is 0 Å². The van der Waals surface area contributed by atoms with Gasteiger partial charge in [-0.2, -0.15) is 0 Å². The lowest BCUT2D eigenvalue weighted by Crippen LogP contribution is -2.29. The molecule has 0 aromatic heterocycles. The first-order valence-electron chi connectivity index (χ1n) is 6.35. The third-order valence-electron chi connectivity index (χ3n) is 3.56. The third kappa shape index (κ3) is 2.89. The zero-order valence-electron chi connectivity index (χ0n) is 10.3. The fraction of sp³-hybridized carbons (Fsp3) is 0.500. The summed E-state index contributed by atoms with van der Waals surface area (Å²) in [6, 6.07) is 5.42.